The summed E-state index contributed by atoms with van der Waals surface area (Å²) in [6.07, 6.45) is 3.30. The van der Waals surface area contributed by atoms with E-state index >= 15 is 0 Å². The predicted molar refractivity (Wildman–Crippen MR) is 92.5 cm³/mol. The van der Waals surface area contributed by atoms with Crippen LogP contribution in [-0.4, -0.2) is 51.2 Å². The van der Waals surface area contributed by atoms with Crippen molar-refractivity contribution in [3.63, 3.8) is 0 Å². The van der Waals surface area contributed by atoms with E-state index in [2.05, 4.69) is 52.4 Å². The third-order valence-electron chi connectivity index (χ3n) is 3.72. The van der Waals surface area contributed by atoms with Gasteiger partial charge >= 0.3 is 0 Å². The molecule has 24 heavy (non-hydrogen) atoms. The largest absolute Gasteiger partial charge is 0.394 e. The van der Waals surface area contributed by atoms with E-state index in [4.69, 9.17) is 9.84 Å². The molecule has 0 saturated heterocycles. The normalized spacial score (nSPS) is 11.1. The van der Waals surface area contributed by atoms with E-state index < -0.39 is 0 Å². The van der Waals surface area contributed by atoms with Crippen molar-refractivity contribution in [2.75, 3.05) is 31.7 Å². The van der Waals surface area contributed by atoms with E-state index in [0.717, 1.165) is 28.1 Å². The van der Waals surface area contributed by atoms with Crippen molar-refractivity contribution in [1.82, 2.24) is 19.7 Å². The molecule has 0 amide bonds. The Morgan fingerprint density at radius 3 is 2.88 bits per heavy atom. The molecule has 126 valence electrons. The lowest BCUT2D eigenvalue weighted by atomic mass is 10.1. The molecule has 0 aliphatic rings. The van der Waals surface area contributed by atoms with Gasteiger partial charge in [0.1, 0.15) is 12.1 Å². The van der Waals surface area contributed by atoms with Gasteiger partial charge in [0.15, 0.2) is 5.65 Å². The van der Waals surface area contributed by atoms with Crippen molar-refractivity contribution in [1.29, 1.82) is 0 Å². The number of ether oxygens (including phenoxy) is 1. The number of aromatic nitrogens is 4. The molecule has 0 atom stereocenters. The zero-order valence-corrected chi connectivity index (χ0v) is 13.9. The van der Waals surface area contributed by atoms with Crippen LogP contribution >= 0.6 is 0 Å². The van der Waals surface area contributed by atoms with Gasteiger partial charge in [-0.2, -0.15) is 5.10 Å². The van der Waals surface area contributed by atoms with Crippen LogP contribution in [0.5, 0.6) is 0 Å². The number of aryl methyl sites for hydroxylation is 2. The van der Waals surface area contributed by atoms with Crippen LogP contribution in [0.1, 0.15) is 11.1 Å². The molecular weight excluding hydrogens is 306 g/mol. The molecule has 2 N–H and O–H groups in total. The van der Waals surface area contributed by atoms with Gasteiger partial charge in [0, 0.05) is 6.54 Å². The third kappa shape index (κ3) is 3.37. The number of nitrogens with zero attached hydrogens (tertiary/aromatic N) is 4. The van der Waals surface area contributed by atoms with Crippen LogP contribution < -0.4 is 5.32 Å². The topological polar surface area (TPSA) is 85.1 Å². The molecule has 7 nitrogen and oxygen atoms in total. The number of rotatable bonds is 7. The second kappa shape index (κ2) is 7.37. The smallest absolute Gasteiger partial charge is 0.168 e. The van der Waals surface area contributed by atoms with E-state index in [1.165, 1.54) is 11.9 Å². The first-order valence-corrected chi connectivity index (χ1v) is 7.89. The summed E-state index contributed by atoms with van der Waals surface area (Å²) < 4.78 is 7.07. The fourth-order valence-electron chi connectivity index (χ4n) is 2.61. The second-order valence-electron chi connectivity index (χ2n) is 5.57. The quantitative estimate of drug-likeness (QED) is 0.644. The van der Waals surface area contributed by atoms with E-state index in [-0.39, 0.29) is 6.61 Å². The summed E-state index contributed by atoms with van der Waals surface area (Å²) in [4.78, 5) is 8.67. The Labute approximate surface area is 140 Å². The van der Waals surface area contributed by atoms with Crippen LogP contribution in [0.4, 0.5) is 5.82 Å². The van der Waals surface area contributed by atoms with Gasteiger partial charge in [-0.15, -0.1) is 0 Å². The Kier molecular flexibility index (Phi) is 5.02. The highest BCUT2D eigenvalue weighted by molar-refractivity contribution is 5.87. The van der Waals surface area contributed by atoms with Gasteiger partial charge in [-0.05, 0) is 25.5 Å². The maximum Gasteiger partial charge on any atom is 0.168 e. The van der Waals surface area contributed by atoms with Crippen LogP contribution in [0.2, 0.25) is 0 Å². The summed E-state index contributed by atoms with van der Waals surface area (Å²) >= 11 is 0. The van der Waals surface area contributed by atoms with Crippen molar-refractivity contribution in [3.05, 3.63) is 41.9 Å². The molecule has 2 aromatic heterocycles. The summed E-state index contributed by atoms with van der Waals surface area (Å²) in [6, 6.07) is 6.24. The lowest BCUT2D eigenvalue weighted by Gasteiger charge is -2.09. The summed E-state index contributed by atoms with van der Waals surface area (Å²) in [6.45, 7) is 5.60. The lowest BCUT2D eigenvalue weighted by molar-refractivity contribution is 0.0992. The fraction of sp³-hybridized carbons (Fsp3) is 0.353. The van der Waals surface area contributed by atoms with Crippen LogP contribution in [0.3, 0.4) is 0 Å². The lowest BCUT2D eigenvalue weighted by Crippen LogP contribution is -2.12. The molecule has 7 heteroatoms. The first kappa shape index (κ1) is 16.4. The van der Waals surface area contributed by atoms with Crippen LogP contribution in [-0.2, 0) is 4.74 Å². The van der Waals surface area contributed by atoms with Crippen molar-refractivity contribution in [2.45, 2.75) is 13.8 Å². The highest BCUT2D eigenvalue weighted by Gasteiger charge is 2.12. The first-order chi connectivity index (χ1) is 11.7. The van der Waals surface area contributed by atoms with Gasteiger partial charge in [-0.1, -0.05) is 17.7 Å². The Bertz CT molecular complexity index is 831. The highest BCUT2D eigenvalue weighted by Crippen LogP contribution is 2.23. The molecule has 0 saturated carbocycles. The first-order valence-electron chi connectivity index (χ1n) is 7.89. The van der Waals surface area contributed by atoms with Crippen LogP contribution in [0.15, 0.2) is 30.7 Å². The predicted octanol–water partition coefficient (Wildman–Crippen LogP) is 1.85. The van der Waals surface area contributed by atoms with Crippen LogP contribution in [0, 0.1) is 13.8 Å². The minimum Gasteiger partial charge on any atom is -0.394 e. The average Bonchev–Trinajstić information content (AvgIpc) is 2.99. The van der Waals surface area contributed by atoms with Gasteiger partial charge in [-0.3, -0.25) is 0 Å². The maximum atomic E-state index is 8.70. The third-order valence-corrected chi connectivity index (χ3v) is 3.72. The number of anilines is 1. The molecule has 3 rings (SSSR count). The van der Waals surface area contributed by atoms with Crippen molar-refractivity contribution < 1.29 is 9.84 Å². The molecule has 0 radical (unpaired) electrons. The van der Waals surface area contributed by atoms with Crippen molar-refractivity contribution >= 4 is 16.9 Å². The number of hydrogen-bond donors (Lipinski definition) is 2. The molecule has 3 aromatic rings. The highest BCUT2D eigenvalue weighted by atomic mass is 16.5. The number of aliphatic hydroxyl groups excluding tert-OH is 1. The van der Waals surface area contributed by atoms with Gasteiger partial charge in [0.25, 0.3) is 0 Å². The number of fused-ring (bicyclic) bond motifs is 1. The monoisotopic (exact) mass is 327 g/mol. The molecule has 0 aliphatic carbocycles. The second-order valence-corrected chi connectivity index (χ2v) is 5.57. The molecule has 0 bridgehead atoms. The molecule has 1 aromatic carbocycles. The van der Waals surface area contributed by atoms with E-state index in [0.29, 0.717) is 19.8 Å². The fourth-order valence-corrected chi connectivity index (χ4v) is 2.61. The van der Waals surface area contributed by atoms with E-state index in [1.807, 2.05) is 4.68 Å². The standard InChI is InChI=1S/C17H21N5O2/c1-12-3-4-15(13(2)9-12)22-17-14(10-21-22)16(19-11-20-17)18-5-7-24-8-6-23/h3-4,9-11,23H,5-8H2,1-2H3,(H,18,19,20). The van der Waals surface area contributed by atoms with E-state index in [9.17, 15) is 0 Å². The Morgan fingerprint density at radius 2 is 2.08 bits per heavy atom. The van der Waals surface area contributed by atoms with Gasteiger partial charge < -0.3 is 15.2 Å². The summed E-state index contributed by atoms with van der Waals surface area (Å²) in [7, 11) is 0. The van der Waals surface area contributed by atoms with Gasteiger partial charge in [0.05, 0.1) is 37.1 Å². The molecule has 0 spiro atoms. The van der Waals surface area contributed by atoms with Gasteiger partial charge in [-0.25, -0.2) is 14.6 Å². The molecule has 0 aliphatic heterocycles. The number of hydrogen-bond acceptors (Lipinski definition) is 6. The number of nitrogens with one attached hydrogen (secondary N) is 1. The zero-order valence-electron chi connectivity index (χ0n) is 13.9. The zero-order chi connectivity index (χ0) is 16.9. The summed E-state index contributed by atoms with van der Waals surface area (Å²) in [5.41, 5.74) is 4.13. The average molecular weight is 327 g/mol. The number of benzene rings is 1. The maximum absolute atomic E-state index is 8.70. The van der Waals surface area contributed by atoms with Crippen molar-refractivity contribution in [3.8, 4) is 5.69 Å². The summed E-state index contributed by atoms with van der Waals surface area (Å²) in [5.74, 6) is 0.726. The van der Waals surface area contributed by atoms with E-state index in [1.54, 1.807) is 6.20 Å². The Balaban J connectivity index is 1.86. The minimum absolute atomic E-state index is 0.0282. The Morgan fingerprint density at radius 1 is 1.21 bits per heavy atom. The van der Waals surface area contributed by atoms with Gasteiger partial charge in [0.2, 0.25) is 0 Å². The minimum atomic E-state index is 0.0282. The van der Waals surface area contributed by atoms with Crippen molar-refractivity contribution in [2.24, 2.45) is 0 Å². The molecule has 2 heterocycles. The molecular formula is C17H21N5O2. The number of aliphatic hydroxyl groups is 1. The molecule has 0 unspecified atom stereocenters. The van der Waals surface area contributed by atoms with Crippen LogP contribution in [0.25, 0.3) is 16.7 Å². The Hall–Kier alpha value is -2.51. The molecule has 0 fully saturated rings. The summed E-state index contributed by atoms with van der Waals surface area (Å²) in [5, 5.41) is 17.3. The SMILES string of the molecule is Cc1ccc(-n2ncc3c(NCCOCCO)ncnc32)c(C)c1.